The molecule has 1 aromatic heterocycles. The average molecular weight is 333 g/mol. The average Bonchev–Trinajstić information content (AvgIpc) is 2.50. The van der Waals surface area contributed by atoms with E-state index >= 15 is 0 Å². The number of carbonyl (C=O) groups is 1. The van der Waals surface area contributed by atoms with Crippen LogP contribution in [0.3, 0.4) is 0 Å². The summed E-state index contributed by atoms with van der Waals surface area (Å²) in [6.07, 6.45) is 2.62. The smallest absolute Gasteiger partial charge is 0.507 e. The number of carbonyl (C=O) groups excluding carboxylic acids is 1. The summed E-state index contributed by atoms with van der Waals surface area (Å²) >= 11 is 0. The maximum atomic E-state index is 13.7. The van der Waals surface area contributed by atoms with E-state index in [9.17, 15) is 14.4 Å². The van der Waals surface area contributed by atoms with E-state index in [1.165, 1.54) is 30.6 Å². The number of rotatable bonds is 5. The van der Waals surface area contributed by atoms with Gasteiger partial charge in [-0.1, -0.05) is 0 Å². The molecule has 0 fully saturated rings. The molecule has 0 saturated carbocycles. The number of hydrogen-bond acceptors (Lipinski definition) is 4. The molecule has 0 atom stereocenters. The lowest BCUT2D eigenvalue weighted by Crippen LogP contribution is -2.42. The van der Waals surface area contributed by atoms with E-state index in [0.29, 0.717) is 4.73 Å². The normalized spacial score (nSPS) is 11.0. The van der Waals surface area contributed by atoms with Gasteiger partial charge in [-0.15, -0.1) is 0 Å². The van der Waals surface area contributed by atoms with Crippen LogP contribution in [0.4, 0.5) is 4.39 Å². The SMILES string of the molecule is CC(C)N(C(=O)c1cc(F)ccc1Oc1nccc[n+]1[O-])C(C)C. The van der Waals surface area contributed by atoms with Crippen LogP contribution >= 0.6 is 0 Å². The maximum absolute atomic E-state index is 13.7. The minimum absolute atomic E-state index is 0.0445. The third kappa shape index (κ3) is 3.79. The van der Waals surface area contributed by atoms with Crippen molar-refractivity contribution >= 4 is 5.91 Å². The van der Waals surface area contributed by atoms with Gasteiger partial charge in [-0.2, -0.15) is 0 Å². The predicted octanol–water partition coefficient (Wildman–Crippen LogP) is 2.91. The molecule has 0 spiro atoms. The van der Waals surface area contributed by atoms with Crippen LogP contribution in [0.15, 0.2) is 36.7 Å². The van der Waals surface area contributed by atoms with Crippen LogP contribution in [0.2, 0.25) is 0 Å². The fourth-order valence-corrected chi connectivity index (χ4v) is 2.48. The minimum atomic E-state index is -0.561. The fourth-order valence-electron chi connectivity index (χ4n) is 2.48. The van der Waals surface area contributed by atoms with Gasteiger partial charge < -0.3 is 14.8 Å². The molecule has 0 bridgehead atoms. The molecular formula is C17H20FN3O3. The van der Waals surface area contributed by atoms with E-state index < -0.39 is 5.82 Å². The number of nitrogens with zero attached hydrogens (tertiary/aromatic N) is 3. The first kappa shape index (κ1) is 17.7. The van der Waals surface area contributed by atoms with Gasteiger partial charge in [-0.3, -0.25) is 4.79 Å². The highest BCUT2D eigenvalue weighted by molar-refractivity contribution is 5.97. The summed E-state index contributed by atoms with van der Waals surface area (Å²) in [6.45, 7) is 7.51. The van der Waals surface area contributed by atoms with Gasteiger partial charge in [0.2, 0.25) is 0 Å². The fraction of sp³-hybridized carbons (Fsp3) is 0.353. The zero-order valence-electron chi connectivity index (χ0n) is 14.1. The Hall–Kier alpha value is -2.70. The van der Waals surface area contributed by atoms with E-state index in [0.717, 1.165) is 6.07 Å². The first-order chi connectivity index (χ1) is 11.3. The third-order valence-corrected chi connectivity index (χ3v) is 3.40. The van der Waals surface area contributed by atoms with Crippen molar-refractivity contribution in [1.29, 1.82) is 0 Å². The van der Waals surface area contributed by atoms with Gasteiger partial charge >= 0.3 is 6.01 Å². The zero-order chi connectivity index (χ0) is 17.9. The van der Waals surface area contributed by atoms with Crippen LogP contribution < -0.4 is 9.47 Å². The number of aromatic nitrogens is 2. The van der Waals surface area contributed by atoms with Gasteiger partial charge in [0.05, 0.1) is 5.56 Å². The van der Waals surface area contributed by atoms with E-state index in [1.54, 1.807) is 4.90 Å². The molecule has 0 radical (unpaired) electrons. The van der Waals surface area contributed by atoms with Gasteiger partial charge in [0.25, 0.3) is 5.91 Å². The number of benzene rings is 1. The van der Waals surface area contributed by atoms with Crippen LogP contribution in [-0.2, 0) is 0 Å². The van der Waals surface area contributed by atoms with Crippen molar-refractivity contribution in [2.45, 2.75) is 39.8 Å². The monoisotopic (exact) mass is 333 g/mol. The minimum Gasteiger partial charge on any atom is -0.708 e. The zero-order valence-corrected chi connectivity index (χ0v) is 14.1. The quantitative estimate of drug-likeness (QED) is 0.623. The Kier molecular flexibility index (Phi) is 5.33. The topological polar surface area (TPSA) is 69.4 Å². The molecule has 0 aliphatic rings. The van der Waals surface area contributed by atoms with Crippen molar-refractivity contribution in [2.24, 2.45) is 0 Å². The second kappa shape index (κ2) is 7.25. The van der Waals surface area contributed by atoms with Crippen molar-refractivity contribution in [1.82, 2.24) is 9.88 Å². The lowest BCUT2D eigenvalue weighted by molar-refractivity contribution is -0.614. The van der Waals surface area contributed by atoms with Crippen LogP contribution in [-0.4, -0.2) is 27.9 Å². The first-order valence-corrected chi connectivity index (χ1v) is 7.65. The summed E-state index contributed by atoms with van der Waals surface area (Å²) < 4.78 is 19.6. The Morgan fingerprint density at radius 1 is 1.29 bits per heavy atom. The van der Waals surface area contributed by atoms with Crippen molar-refractivity contribution < 1.29 is 18.7 Å². The third-order valence-electron chi connectivity index (χ3n) is 3.40. The van der Waals surface area contributed by atoms with Gasteiger partial charge in [-0.05, 0) is 50.9 Å². The summed E-state index contributed by atoms with van der Waals surface area (Å²) in [7, 11) is 0. The summed E-state index contributed by atoms with van der Waals surface area (Å²) in [6, 6.07) is 4.65. The Morgan fingerprint density at radius 3 is 2.54 bits per heavy atom. The Bertz CT molecular complexity index is 727. The number of ether oxygens (including phenoxy) is 1. The van der Waals surface area contributed by atoms with Gasteiger partial charge in [0, 0.05) is 18.2 Å². The number of hydrogen-bond donors (Lipinski definition) is 0. The van der Waals surface area contributed by atoms with E-state index in [1.807, 2.05) is 27.7 Å². The van der Waals surface area contributed by atoms with E-state index in [4.69, 9.17) is 4.74 Å². The Balaban J connectivity index is 2.44. The molecule has 0 aliphatic carbocycles. The summed E-state index contributed by atoms with van der Waals surface area (Å²) in [4.78, 5) is 18.3. The molecule has 1 amide bonds. The van der Waals surface area contributed by atoms with Gasteiger partial charge in [0.1, 0.15) is 24.0 Å². The summed E-state index contributed by atoms with van der Waals surface area (Å²) in [5.74, 6) is -0.854. The van der Waals surface area contributed by atoms with Crippen LogP contribution in [0, 0.1) is 11.0 Å². The molecular weight excluding hydrogens is 313 g/mol. The van der Waals surface area contributed by atoms with Crippen molar-refractivity contribution in [3.8, 4) is 11.8 Å². The van der Waals surface area contributed by atoms with E-state index in [-0.39, 0.29) is 35.3 Å². The van der Waals surface area contributed by atoms with Gasteiger partial charge in [0.15, 0.2) is 0 Å². The van der Waals surface area contributed by atoms with Crippen molar-refractivity contribution in [2.75, 3.05) is 0 Å². The summed E-state index contributed by atoms with van der Waals surface area (Å²) in [5.41, 5.74) is 0.0445. The molecule has 0 saturated heterocycles. The molecule has 0 unspecified atom stereocenters. The molecule has 2 rings (SSSR count). The molecule has 1 heterocycles. The molecule has 2 aromatic rings. The largest absolute Gasteiger partial charge is 0.708 e. The van der Waals surface area contributed by atoms with Crippen LogP contribution in [0.5, 0.6) is 11.8 Å². The lowest BCUT2D eigenvalue weighted by atomic mass is 10.1. The molecule has 7 heteroatoms. The Morgan fingerprint density at radius 2 is 1.96 bits per heavy atom. The van der Waals surface area contributed by atoms with Crippen molar-refractivity contribution in [3.63, 3.8) is 0 Å². The first-order valence-electron chi connectivity index (χ1n) is 7.65. The van der Waals surface area contributed by atoms with E-state index in [2.05, 4.69) is 4.98 Å². The molecule has 6 nitrogen and oxygen atoms in total. The highest BCUT2D eigenvalue weighted by atomic mass is 19.1. The highest BCUT2D eigenvalue weighted by Gasteiger charge is 2.26. The standard InChI is InChI=1S/C17H20FN3O3/c1-11(2)21(12(3)4)16(22)14-10-13(18)6-7-15(14)24-17-19-8-5-9-20(17)23/h5-12H,1-4H3. The number of halogens is 1. The van der Waals surface area contributed by atoms with Crippen molar-refractivity contribution in [3.05, 3.63) is 53.2 Å². The van der Waals surface area contributed by atoms with Crippen LogP contribution in [0.25, 0.3) is 0 Å². The highest BCUT2D eigenvalue weighted by Crippen LogP contribution is 2.26. The Labute approximate surface area is 140 Å². The molecule has 0 N–H and O–H groups in total. The second-order valence-corrected chi connectivity index (χ2v) is 5.87. The number of amides is 1. The lowest BCUT2D eigenvalue weighted by Gasteiger charge is -2.31. The maximum Gasteiger partial charge on any atom is 0.507 e. The molecule has 128 valence electrons. The van der Waals surface area contributed by atoms with Crippen LogP contribution in [0.1, 0.15) is 38.1 Å². The molecule has 0 aliphatic heterocycles. The van der Waals surface area contributed by atoms with Gasteiger partial charge in [-0.25, -0.2) is 9.12 Å². The molecule has 1 aromatic carbocycles. The molecule has 24 heavy (non-hydrogen) atoms. The predicted molar refractivity (Wildman–Crippen MR) is 86.1 cm³/mol. The summed E-state index contributed by atoms with van der Waals surface area (Å²) in [5, 5.41) is 11.7. The second-order valence-electron chi connectivity index (χ2n) is 5.87.